The second-order valence-electron chi connectivity index (χ2n) is 6.16. The quantitative estimate of drug-likeness (QED) is 0.875. The van der Waals surface area contributed by atoms with Crippen molar-refractivity contribution in [3.63, 3.8) is 0 Å². The summed E-state index contributed by atoms with van der Waals surface area (Å²) in [7, 11) is -1.99. The third-order valence-corrected chi connectivity index (χ3v) is 5.78. The molecule has 2 N–H and O–H groups in total. The van der Waals surface area contributed by atoms with Gasteiger partial charge in [-0.25, -0.2) is 8.42 Å². The molecule has 24 heavy (non-hydrogen) atoms. The summed E-state index contributed by atoms with van der Waals surface area (Å²) in [6.45, 7) is 1.85. The summed E-state index contributed by atoms with van der Waals surface area (Å²) >= 11 is 0. The van der Waals surface area contributed by atoms with Crippen LogP contribution in [0, 0.1) is 6.92 Å². The van der Waals surface area contributed by atoms with Crippen molar-refractivity contribution >= 4 is 21.6 Å². The second kappa shape index (κ2) is 5.94. The number of likely N-dealkylation sites (N-methyl/N-ethyl adjacent to an activating group) is 1. The number of sulfonamides is 1. The van der Waals surface area contributed by atoms with Crippen LogP contribution in [0.4, 0.5) is 5.69 Å². The Balaban J connectivity index is 1.81. The zero-order valence-electron chi connectivity index (χ0n) is 13.7. The zero-order chi connectivity index (χ0) is 17.4. The van der Waals surface area contributed by atoms with Crippen LogP contribution in [0.25, 0.3) is 0 Å². The summed E-state index contributed by atoms with van der Waals surface area (Å²) in [4.78, 5) is 12.2. The molecule has 1 amide bonds. The Kier molecular flexibility index (Phi) is 4.09. The van der Waals surface area contributed by atoms with E-state index in [-0.39, 0.29) is 10.8 Å². The summed E-state index contributed by atoms with van der Waals surface area (Å²) < 4.78 is 27.4. The molecule has 0 aromatic heterocycles. The van der Waals surface area contributed by atoms with Crippen molar-refractivity contribution in [1.82, 2.24) is 5.32 Å². The van der Waals surface area contributed by atoms with Gasteiger partial charge in [-0.3, -0.25) is 9.52 Å². The van der Waals surface area contributed by atoms with Gasteiger partial charge < -0.3 is 5.32 Å². The maximum Gasteiger partial charge on any atom is 0.261 e. The first kappa shape index (κ1) is 16.5. The zero-order valence-corrected chi connectivity index (χ0v) is 14.5. The van der Waals surface area contributed by atoms with Crippen LogP contribution in [0.15, 0.2) is 53.4 Å². The second-order valence-corrected chi connectivity index (χ2v) is 7.84. The minimum Gasteiger partial charge on any atom is -0.358 e. The van der Waals surface area contributed by atoms with E-state index in [0.717, 1.165) is 24.0 Å². The largest absolute Gasteiger partial charge is 0.358 e. The molecule has 6 heteroatoms. The van der Waals surface area contributed by atoms with Crippen molar-refractivity contribution in [1.29, 1.82) is 0 Å². The standard InChI is InChI=1S/C18H20N2O3S/c1-13-4-3-5-16(12-13)24(22,23)20-15-8-6-14(7-9-15)18(10-11-18)17(21)19-2/h3-9,12,20H,10-11H2,1-2H3,(H,19,21). The van der Waals surface area contributed by atoms with Gasteiger partial charge in [-0.1, -0.05) is 24.3 Å². The Hall–Kier alpha value is -2.34. The van der Waals surface area contributed by atoms with E-state index in [4.69, 9.17) is 0 Å². The first-order valence-corrected chi connectivity index (χ1v) is 9.28. The lowest BCUT2D eigenvalue weighted by Gasteiger charge is -2.15. The van der Waals surface area contributed by atoms with Crippen molar-refractivity contribution in [2.24, 2.45) is 0 Å². The summed E-state index contributed by atoms with van der Waals surface area (Å²) in [5, 5.41) is 2.70. The van der Waals surface area contributed by atoms with Crippen molar-refractivity contribution in [3.05, 3.63) is 59.7 Å². The molecule has 0 unspecified atom stereocenters. The van der Waals surface area contributed by atoms with Gasteiger partial charge in [-0.2, -0.15) is 0 Å². The van der Waals surface area contributed by atoms with Gasteiger partial charge in [0.2, 0.25) is 5.91 Å². The van der Waals surface area contributed by atoms with E-state index in [2.05, 4.69) is 10.0 Å². The molecule has 0 atom stereocenters. The van der Waals surface area contributed by atoms with Gasteiger partial charge in [0, 0.05) is 12.7 Å². The van der Waals surface area contributed by atoms with Crippen LogP contribution in [0.2, 0.25) is 0 Å². The molecule has 0 aliphatic heterocycles. The van der Waals surface area contributed by atoms with E-state index in [9.17, 15) is 13.2 Å². The minimum absolute atomic E-state index is 0.00981. The van der Waals surface area contributed by atoms with E-state index in [1.807, 2.05) is 25.1 Å². The molecule has 0 saturated heterocycles. The van der Waals surface area contributed by atoms with Crippen LogP contribution in [0.3, 0.4) is 0 Å². The van der Waals surface area contributed by atoms with Crippen LogP contribution >= 0.6 is 0 Å². The molecule has 1 saturated carbocycles. The molecule has 1 aliphatic rings. The van der Waals surface area contributed by atoms with Crippen LogP contribution < -0.4 is 10.0 Å². The van der Waals surface area contributed by atoms with E-state index in [1.165, 1.54) is 0 Å². The molecule has 126 valence electrons. The highest BCUT2D eigenvalue weighted by atomic mass is 32.2. The summed E-state index contributed by atoms with van der Waals surface area (Å²) in [6, 6.07) is 13.8. The Morgan fingerprint density at radius 3 is 2.29 bits per heavy atom. The maximum absolute atomic E-state index is 12.4. The van der Waals surface area contributed by atoms with Crippen molar-refractivity contribution in [2.45, 2.75) is 30.1 Å². The fourth-order valence-corrected chi connectivity index (χ4v) is 4.03. The van der Waals surface area contributed by atoms with E-state index < -0.39 is 15.4 Å². The highest BCUT2D eigenvalue weighted by Crippen LogP contribution is 2.48. The number of hydrogen-bond donors (Lipinski definition) is 2. The van der Waals surface area contributed by atoms with Gasteiger partial charge in [0.1, 0.15) is 0 Å². The highest BCUT2D eigenvalue weighted by Gasteiger charge is 2.50. The molecule has 2 aromatic carbocycles. The molecular weight excluding hydrogens is 324 g/mol. The van der Waals surface area contributed by atoms with Gasteiger partial charge in [0.05, 0.1) is 10.3 Å². The van der Waals surface area contributed by atoms with Crippen LogP contribution in [-0.4, -0.2) is 21.4 Å². The average Bonchev–Trinajstić information content (AvgIpc) is 3.36. The minimum atomic E-state index is -3.62. The number of carbonyl (C=O) groups excluding carboxylic acids is 1. The normalized spacial score (nSPS) is 15.6. The Morgan fingerprint density at radius 1 is 1.08 bits per heavy atom. The molecule has 0 bridgehead atoms. The van der Waals surface area contributed by atoms with Gasteiger partial charge >= 0.3 is 0 Å². The molecule has 0 radical (unpaired) electrons. The Labute approximate surface area is 142 Å². The lowest BCUT2D eigenvalue weighted by atomic mass is 9.95. The summed E-state index contributed by atoms with van der Waals surface area (Å²) in [5.41, 5.74) is 1.84. The van der Waals surface area contributed by atoms with E-state index in [1.54, 1.807) is 37.4 Å². The third-order valence-electron chi connectivity index (χ3n) is 4.40. The fraction of sp³-hybridized carbons (Fsp3) is 0.278. The fourth-order valence-electron chi connectivity index (χ4n) is 2.86. The number of carbonyl (C=O) groups is 1. The van der Waals surface area contributed by atoms with Gasteiger partial charge in [-0.05, 0) is 55.2 Å². The van der Waals surface area contributed by atoms with Gasteiger partial charge in [-0.15, -0.1) is 0 Å². The number of rotatable bonds is 5. The number of benzene rings is 2. The third kappa shape index (κ3) is 3.01. The summed E-state index contributed by atoms with van der Waals surface area (Å²) in [6.07, 6.45) is 1.64. The molecule has 5 nitrogen and oxygen atoms in total. The Bertz CT molecular complexity index is 869. The Morgan fingerprint density at radius 2 is 1.75 bits per heavy atom. The number of amides is 1. The molecule has 1 fully saturated rings. The van der Waals surface area contributed by atoms with Crippen molar-refractivity contribution in [3.8, 4) is 0 Å². The maximum atomic E-state index is 12.4. The summed E-state index contributed by atoms with van der Waals surface area (Å²) in [5.74, 6) is 0.00981. The number of hydrogen-bond acceptors (Lipinski definition) is 3. The molecule has 0 heterocycles. The van der Waals surface area contributed by atoms with Crippen molar-refractivity contribution < 1.29 is 13.2 Å². The number of aryl methyl sites for hydroxylation is 1. The van der Waals surface area contributed by atoms with Gasteiger partial charge in [0.25, 0.3) is 10.0 Å². The SMILES string of the molecule is CNC(=O)C1(c2ccc(NS(=O)(=O)c3cccc(C)c3)cc2)CC1. The topological polar surface area (TPSA) is 75.3 Å². The highest BCUT2D eigenvalue weighted by molar-refractivity contribution is 7.92. The monoisotopic (exact) mass is 344 g/mol. The molecule has 1 aliphatic carbocycles. The molecule has 3 rings (SSSR count). The first-order chi connectivity index (χ1) is 11.4. The van der Waals surface area contributed by atoms with Crippen molar-refractivity contribution in [2.75, 3.05) is 11.8 Å². The van der Waals surface area contributed by atoms with Crippen LogP contribution in [0.1, 0.15) is 24.0 Å². The average molecular weight is 344 g/mol. The lowest BCUT2D eigenvalue weighted by Crippen LogP contribution is -2.31. The molecule has 2 aromatic rings. The van der Waals surface area contributed by atoms with Crippen LogP contribution in [-0.2, 0) is 20.2 Å². The molecular formula is C18H20N2O3S. The van der Waals surface area contributed by atoms with E-state index >= 15 is 0 Å². The van der Waals surface area contributed by atoms with Crippen LogP contribution in [0.5, 0.6) is 0 Å². The van der Waals surface area contributed by atoms with Gasteiger partial charge in [0.15, 0.2) is 0 Å². The predicted molar refractivity (Wildman–Crippen MR) is 93.4 cm³/mol. The number of nitrogens with one attached hydrogen (secondary N) is 2. The lowest BCUT2D eigenvalue weighted by molar-refractivity contribution is -0.123. The molecule has 0 spiro atoms. The first-order valence-electron chi connectivity index (χ1n) is 7.80. The number of anilines is 1. The smallest absolute Gasteiger partial charge is 0.261 e. The van der Waals surface area contributed by atoms with E-state index in [0.29, 0.717) is 5.69 Å². The predicted octanol–water partition coefficient (Wildman–Crippen LogP) is 2.57.